The first-order valence-corrected chi connectivity index (χ1v) is 5.86. The SMILES string of the molecule is CN(CC1CNCCO1)C(=O)c1ccncc1F. The van der Waals surface area contributed by atoms with E-state index in [2.05, 4.69) is 10.3 Å². The molecule has 2 rings (SSSR count). The first-order chi connectivity index (χ1) is 8.68. The Balaban J connectivity index is 1.98. The van der Waals surface area contributed by atoms with Crippen LogP contribution in [-0.4, -0.2) is 55.2 Å². The van der Waals surface area contributed by atoms with Gasteiger partial charge in [0.1, 0.15) is 0 Å². The summed E-state index contributed by atoms with van der Waals surface area (Å²) in [6, 6.07) is 1.38. The van der Waals surface area contributed by atoms with E-state index in [-0.39, 0.29) is 17.6 Å². The molecule has 1 fully saturated rings. The molecule has 98 valence electrons. The maximum absolute atomic E-state index is 13.4. The molecule has 1 unspecified atom stereocenters. The first-order valence-electron chi connectivity index (χ1n) is 5.86. The van der Waals surface area contributed by atoms with Gasteiger partial charge >= 0.3 is 0 Å². The van der Waals surface area contributed by atoms with Crippen molar-refractivity contribution in [2.24, 2.45) is 0 Å². The standard InChI is InChI=1S/C12H16FN3O2/c1-16(8-9-6-15-4-5-18-9)12(17)10-2-3-14-7-11(10)13/h2-3,7,9,15H,4-6,8H2,1H3. The monoisotopic (exact) mass is 253 g/mol. The fourth-order valence-electron chi connectivity index (χ4n) is 1.88. The van der Waals surface area contributed by atoms with Crippen molar-refractivity contribution in [2.75, 3.05) is 33.3 Å². The number of hydrogen-bond donors (Lipinski definition) is 1. The number of carbonyl (C=O) groups is 1. The second-order valence-corrected chi connectivity index (χ2v) is 4.24. The van der Waals surface area contributed by atoms with E-state index in [0.29, 0.717) is 19.7 Å². The third-order valence-corrected chi connectivity index (χ3v) is 2.83. The van der Waals surface area contributed by atoms with Crippen molar-refractivity contribution in [3.05, 3.63) is 29.8 Å². The topological polar surface area (TPSA) is 54.5 Å². The lowest BCUT2D eigenvalue weighted by molar-refractivity contribution is 0.0103. The number of rotatable bonds is 3. The van der Waals surface area contributed by atoms with Gasteiger partial charge in [-0.05, 0) is 6.07 Å². The minimum atomic E-state index is -0.600. The lowest BCUT2D eigenvalue weighted by Crippen LogP contribution is -2.45. The van der Waals surface area contributed by atoms with Crippen molar-refractivity contribution in [1.29, 1.82) is 0 Å². The van der Waals surface area contributed by atoms with Crippen LogP contribution < -0.4 is 5.32 Å². The van der Waals surface area contributed by atoms with Crippen molar-refractivity contribution < 1.29 is 13.9 Å². The van der Waals surface area contributed by atoms with Gasteiger partial charge in [-0.25, -0.2) is 4.39 Å². The summed E-state index contributed by atoms with van der Waals surface area (Å²) in [7, 11) is 1.64. The lowest BCUT2D eigenvalue weighted by atomic mass is 10.2. The lowest BCUT2D eigenvalue weighted by Gasteiger charge is -2.28. The number of aromatic nitrogens is 1. The van der Waals surface area contributed by atoms with Crippen molar-refractivity contribution in [1.82, 2.24) is 15.2 Å². The smallest absolute Gasteiger partial charge is 0.256 e. The number of nitrogens with zero attached hydrogens (tertiary/aromatic N) is 2. The largest absolute Gasteiger partial charge is 0.374 e. The van der Waals surface area contributed by atoms with Crippen LogP contribution in [0.4, 0.5) is 4.39 Å². The van der Waals surface area contributed by atoms with E-state index in [1.807, 2.05) is 0 Å². The Kier molecular flexibility index (Phi) is 4.22. The van der Waals surface area contributed by atoms with Crippen molar-refractivity contribution in [3.63, 3.8) is 0 Å². The van der Waals surface area contributed by atoms with Crippen LogP contribution >= 0.6 is 0 Å². The van der Waals surface area contributed by atoms with Gasteiger partial charge in [-0.3, -0.25) is 9.78 Å². The predicted molar refractivity (Wildman–Crippen MR) is 63.8 cm³/mol. The van der Waals surface area contributed by atoms with Crippen LogP contribution in [-0.2, 0) is 4.74 Å². The van der Waals surface area contributed by atoms with Crippen LogP contribution in [0.3, 0.4) is 0 Å². The normalized spacial score (nSPS) is 19.6. The molecule has 1 N–H and O–H groups in total. The third kappa shape index (κ3) is 3.02. The van der Waals surface area contributed by atoms with Crippen molar-refractivity contribution >= 4 is 5.91 Å². The van der Waals surface area contributed by atoms with Crippen LogP contribution in [0, 0.1) is 5.82 Å². The molecule has 0 aromatic carbocycles. The Labute approximate surface area is 105 Å². The van der Waals surface area contributed by atoms with Gasteiger partial charge < -0.3 is 15.0 Å². The van der Waals surface area contributed by atoms with Crippen molar-refractivity contribution in [2.45, 2.75) is 6.10 Å². The molecule has 0 aliphatic carbocycles. The molecule has 1 aliphatic heterocycles. The van der Waals surface area contributed by atoms with Crippen LogP contribution in [0.25, 0.3) is 0 Å². The van der Waals surface area contributed by atoms with E-state index < -0.39 is 5.82 Å². The number of ether oxygens (including phenoxy) is 1. The van der Waals surface area contributed by atoms with E-state index in [4.69, 9.17) is 4.74 Å². The number of hydrogen-bond acceptors (Lipinski definition) is 4. The molecule has 1 amide bonds. The maximum atomic E-state index is 13.4. The summed E-state index contributed by atoms with van der Waals surface area (Å²) in [6.45, 7) is 2.60. The minimum absolute atomic E-state index is 0.0382. The number of nitrogens with one attached hydrogen (secondary N) is 1. The number of pyridine rings is 1. The Hall–Kier alpha value is -1.53. The summed E-state index contributed by atoms with van der Waals surface area (Å²) in [5.41, 5.74) is 0.0382. The van der Waals surface area contributed by atoms with Gasteiger partial charge in [0, 0.05) is 32.9 Å². The summed E-state index contributed by atoms with van der Waals surface area (Å²) in [5.74, 6) is -0.957. The average molecular weight is 253 g/mol. The van der Waals surface area contributed by atoms with Crippen LogP contribution in [0.5, 0.6) is 0 Å². The van der Waals surface area contributed by atoms with Gasteiger partial charge in [0.25, 0.3) is 5.91 Å². The molecule has 0 spiro atoms. The number of amides is 1. The summed E-state index contributed by atoms with van der Waals surface area (Å²) in [6.07, 6.45) is 2.40. The van der Waals surface area contributed by atoms with Gasteiger partial charge in [0.05, 0.1) is 24.5 Å². The second kappa shape index (κ2) is 5.88. The molecular formula is C12H16FN3O2. The molecule has 1 aliphatic rings. The highest BCUT2D eigenvalue weighted by Gasteiger charge is 2.21. The van der Waals surface area contributed by atoms with Gasteiger partial charge in [0.2, 0.25) is 0 Å². The molecule has 18 heavy (non-hydrogen) atoms. The number of likely N-dealkylation sites (N-methyl/N-ethyl adjacent to an activating group) is 1. The van der Waals surface area contributed by atoms with E-state index in [1.54, 1.807) is 7.05 Å². The zero-order valence-electron chi connectivity index (χ0n) is 10.2. The first kappa shape index (κ1) is 12.9. The number of carbonyl (C=O) groups excluding carboxylic acids is 1. The van der Waals surface area contributed by atoms with Gasteiger partial charge in [-0.15, -0.1) is 0 Å². The summed E-state index contributed by atoms with van der Waals surface area (Å²) < 4.78 is 18.9. The zero-order chi connectivity index (χ0) is 13.0. The average Bonchev–Trinajstić information content (AvgIpc) is 2.39. The Morgan fingerprint density at radius 2 is 2.56 bits per heavy atom. The fraction of sp³-hybridized carbons (Fsp3) is 0.500. The Morgan fingerprint density at radius 1 is 1.72 bits per heavy atom. The molecule has 5 nitrogen and oxygen atoms in total. The summed E-state index contributed by atoms with van der Waals surface area (Å²) in [5, 5.41) is 3.18. The molecular weight excluding hydrogens is 237 g/mol. The molecule has 2 heterocycles. The van der Waals surface area contributed by atoms with Crippen molar-refractivity contribution in [3.8, 4) is 0 Å². The maximum Gasteiger partial charge on any atom is 0.256 e. The molecule has 6 heteroatoms. The molecule has 1 aromatic heterocycles. The molecule has 1 aromatic rings. The third-order valence-electron chi connectivity index (χ3n) is 2.83. The van der Waals surface area contributed by atoms with Crippen LogP contribution in [0.15, 0.2) is 18.5 Å². The van der Waals surface area contributed by atoms with E-state index in [1.165, 1.54) is 17.2 Å². The molecule has 1 saturated heterocycles. The summed E-state index contributed by atoms with van der Waals surface area (Å²) >= 11 is 0. The Morgan fingerprint density at radius 3 is 3.22 bits per heavy atom. The van der Waals surface area contributed by atoms with E-state index in [0.717, 1.165) is 12.7 Å². The predicted octanol–water partition coefficient (Wildman–Crippen LogP) is 0.281. The molecule has 0 bridgehead atoms. The van der Waals surface area contributed by atoms with Gasteiger partial charge in [0.15, 0.2) is 5.82 Å². The zero-order valence-corrected chi connectivity index (χ0v) is 10.2. The van der Waals surface area contributed by atoms with E-state index >= 15 is 0 Å². The fourth-order valence-corrected chi connectivity index (χ4v) is 1.88. The van der Waals surface area contributed by atoms with Crippen LogP contribution in [0.1, 0.15) is 10.4 Å². The second-order valence-electron chi connectivity index (χ2n) is 4.24. The molecule has 1 atom stereocenters. The number of morpholine rings is 1. The summed E-state index contributed by atoms with van der Waals surface area (Å²) in [4.78, 5) is 17.1. The molecule has 0 radical (unpaired) electrons. The number of halogens is 1. The highest BCUT2D eigenvalue weighted by Crippen LogP contribution is 2.09. The molecule has 0 saturated carbocycles. The van der Waals surface area contributed by atoms with E-state index in [9.17, 15) is 9.18 Å². The van der Waals surface area contributed by atoms with Crippen LogP contribution in [0.2, 0.25) is 0 Å². The highest BCUT2D eigenvalue weighted by molar-refractivity contribution is 5.94. The highest BCUT2D eigenvalue weighted by atomic mass is 19.1. The van der Waals surface area contributed by atoms with Gasteiger partial charge in [-0.2, -0.15) is 0 Å². The minimum Gasteiger partial charge on any atom is -0.374 e. The Bertz CT molecular complexity index is 422. The van der Waals surface area contributed by atoms with Gasteiger partial charge in [-0.1, -0.05) is 0 Å². The quantitative estimate of drug-likeness (QED) is 0.840.